The normalized spacial score (nSPS) is 34.5. The van der Waals surface area contributed by atoms with Crippen LogP contribution in [0.15, 0.2) is 22.7 Å². The standard InChI is InChI=1S/C18H20BrN3O3/c1-4-8(2)22-15(23)13-9(3)21-18(14(13)16(22)24)11-7-10(19)5-6-12(11)20-17(18)25/h5-9,13-14,21H,4H2,1-3H3,(H,20,25)/p+1/t8-,9-,13-,14+,18-/m1/s1. The van der Waals surface area contributed by atoms with Gasteiger partial charge in [0.05, 0.1) is 11.7 Å². The number of anilines is 1. The van der Waals surface area contributed by atoms with E-state index in [4.69, 9.17) is 0 Å². The Bertz CT molecular complexity index is 811. The highest BCUT2D eigenvalue weighted by Crippen LogP contribution is 2.49. The Hall–Kier alpha value is -1.73. The predicted molar refractivity (Wildman–Crippen MR) is 94.4 cm³/mol. The van der Waals surface area contributed by atoms with Crippen LogP contribution in [-0.2, 0) is 19.9 Å². The first-order valence-corrected chi connectivity index (χ1v) is 9.46. The second kappa shape index (κ2) is 5.38. The van der Waals surface area contributed by atoms with Gasteiger partial charge in [-0.2, -0.15) is 0 Å². The zero-order chi connectivity index (χ0) is 18.1. The Morgan fingerprint density at radius 2 is 2.04 bits per heavy atom. The second-order valence-corrected chi connectivity index (χ2v) is 8.26. The molecule has 3 heterocycles. The van der Waals surface area contributed by atoms with E-state index in [1.165, 1.54) is 4.90 Å². The van der Waals surface area contributed by atoms with E-state index >= 15 is 0 Å². The van der Waals surface area contributed by atoms with Crippen LogP contribution in [0.5, 0.6) is 0 Å². The summed E-state index contributed by atoms with van der Waals surface area (Å²) in [7, 11) is 0. The number of nitrogens with one attached hydrogen (secondary N) is 1. The molecule has 0 saturated carbocycles. The molecule has 6 nitrogen and oxygen atoms in total. The van der Waals surface area contributed by atoms with Crippen molar-refractivity contribution >= 4 is 39.3 Å². The molecule has 3 N–H and O–H groups in total. The van der Waals surface area contributed by atoms with E-state index in [2.05, 4.69) is 21.2 Å². The fraction of sp³-hybridized carbons (Fsp3) is 0.500. The highest BCUT2D eigenvalue weighted by Gasteiger charge is 2.73. The Morgan fingerprint density at radius 1 is 1.32 bits per heavy atom. The van der Waals surface area contributed by atoms with Crippen molar-refractivity contribution in [3.63, 3.8) is 0 Å². The molecule has 3 aliphatic heterocycles. The summed E-state index contributed by atoms with van der Waals surface area (Å²) in [6.45, 7) is 5.78. The van der Waals surface area contributed by atoms with Crippen molar-refractivity contribution in [2.45, 2.75) is 44.8 Å². The summed E-state index contributed by atoms with van der Waals surface area (Å²) in [6.07, 6.45) is 0.705. The summed E-state index contributed by atoms with van der Waals surface area (Å²) in [5.74, 6) is -1.67. The van der Waals surface area contributed by atoms with Crippen molar-refractivity contribution < 1.29 is 19.7 Å². The first-order chi connectivity index (χ1) is 11.8. The lowest BCUT2D eigenvalue weighted by atomic mass is 9.76. The molecule has 2 fully saturated rings. The van der Waals surface area contributed by atoms with Crippen molar-refractivity contribution in [1.82, 2.24) is 4.90 Å². The maximum atomic E-state index is 13.2. The van der Waals surface area contributed by atoms with Gasteiger partial charge in [0.1, 0.15) is 11.8 Å². The summed E-state index contributed by atoms with van der Waals surface area (Å²) >= 11 is 3.46. The first-order valence-electron chi connectivity index (χ1n) is 8.67. The van der Waals surface area contributed by atoms with E-state index in [0.717, 1.165) is 15.7 Å². The van der Waals surface area contributed by atoms with Crippen LogP contribution in [0, 0.1) is 11.8 Å². The van der Waals surface area contributed by atoms with Gasteiger partial charge in [-0.3, -0.25) is 19.3 Å². The fourth-order valence-corrected chi connectivity index (χ4v) is 5.11. The molecule has 0 bridgehead atoms. The highest BCUT2D eigenvalue weighted by molar-refractivity contribution is 9.10. The van der Waals surface area contributed by atoms with Gasteiger partial charge in [0, 0.05) is 16.1 Å². The molecule has 1 aromatic rings. The minimum absolute atomic E-state index is 0.133. The molecule has 5 atom stereocenters. The smallest absolute Gasteiger partial charge is 0.291 e. The Labute approximate surface area is 154 Å². The van der Waals surface area contributed by atoms with Crippen molar-refractivity contribution in [3.8, 4) is 0 Å². The predicted octanol–water partition coefficient (Wildman–Crippen LogP) is 0.962. The van der Waals surface area contributed by atoms with Gasteiger partial charge in [-0.1, -0.05) is 22.9 Å². The molecule has 0 aliphatic carbocycles. The molecule has 0 aromatic heterocycles. The van der Waals surface area contributed by atoms with Gasteiger partial charge in [-0.25, -0.2) is 0 Å². The average Bonchev–Trinajstić information content (AvgIpc) is 3.12. The molecule has 1 aromatic carbocycles. The van der Waals surface area contributed by atoms with Crippen LogP contribution in [0.1, 0.15) is 32.8 Å². The molecular formula is C18H21BrN3O3+. The number of rotatable bonds is 2. The third-order valence-corrected chi connectivity index (χ3v) is 6.54. The molecule has 4 rings (SSSR count). The van der Waals surface area contributed by atoms with Crippen molar-refractivity contribution in [3.05, 3.63) is 28.2 Å². The average molecular weight is 407 g/mol. The molecular weight excluding hydrogens is 386 g/mol. The number of nitrogens with zero attached hydrogens (tertiary/aromatic N) is 1. The molecule has 2 saturated heterocycles. The summed E-state index contributed by atoms with van der Waals surface area (Å²) in [5, 5.41) is 4.83. The van der Waals surface area contributed by atoms with E-state index in [9.17, 15) is 14.4 Å². The molecule has 7 heteroatoms. The number of nitrogens with two attached hydrogens (primary N) is 1. The molecule has 3 amide bonds. The SMILES string of the molecule is CC[C@@H](C)N1C(=O)[C@H]2[C@@H](C1=O)[C@@]1([NH2+][C@@H]2C)C(=O)Nc2ccc(Br)cc21. The van der Waals surface area contributed by atoms with Gasteiger partial charge in [-0.15, -0.1) is 0 Å². The minimum atomic E-state index is -1.06. The summed E-state index contributed by atoms with van der Waals surface area (Å²) in [4.78, 5) is 40.6. The lowest BCUT2D eigenvalue weighted by Crippen LogP contribution is -2.98. The zero-order valence-electron chi connectivity index (χ0n) is 14.4. The Morgan fingerprint density at radius 3 is 2.72 bits per heavy atom. The van der Waals surface area contributed by atoms with E-state index < -0.39 is 17.4 Å². The van der Waals surface area contributed by atoms with Gasteiger partial charge in [0.15, 0.2) is 0 Å². The Kier molecular flexibility index (Phi) is 3.60. The highest BCUT2D eigenvalue weighted by atomic mass is 79.9. The number of benzene rings is 1. The number of hydrogen-bond donors (Lipinski definition) is 2. The van der Waals surface area contributed by atoms with Crippen LogP contribution in [0.2, 0.25) is 0 Å². The van der Waals surface area contributed by atoms with Crippen molar-refractivity contribution in [2.75, 3.05) is 5.32 Å². The fourth-order valence-electron chi connectivity index (χ4n) is 4.75. The Balaban J connectivity index is 1.89. The van der Waals surface area contributed by atoms with Crippen LogP contribution in [0.4, 0.5) is 5.69 Å². The number of hydrogen-bond acceptors (Lipinski definition) is 3. The van der Waals surface area contributed by atoms with Gasteiger partial charge in [-0.05, 0) is 38.5 Å². The lowest BCUT2D eigenvalue weighted by Gasteiger charge is -2.28. The third kappa shape index (κ3) is 1.96. The number of halogens is 1. The molecule has 0 unspecified atom stereocenters. The molecule has 132 valence electrons. The molecule has 0 radical (unpaired) electrons. The molecule has 3 aliphatic rings. The number of carbonyl (C=O) groups excluding carboxylic acids is 3. The van der Waals surface area contributed by atoms with Crippen LogP contribution in [0.25, 0.3) is 0 Å². The number of likely N-dealkylation sites (tertiary alicyclic amines) is 1. The van der Waals surface area contributed by atoms with Gasteiger partial charge in [0.2, 0.25) is 17.4 Å². The third-order valence-electron chi connectivity index (χ3n) is 6.05. The zero-order valence-corrected chi connectivity index (χ0v) is 16.0. The van der Waals surface area contributed by atoms with E-state index in [-0.39, 0.29) is 29.8 Å². The van der Waals surface area contributed by atoms with E-state index in [0.29, 0.717) is 6.42 Å². The van der Waals surface area contributed by atoms with E-state index in [1.807, 2.05) is 44.3 Å². The molecule has 1 spiro atoms. The topological polar surface area (TPSA) is 83.1 Å². The maximum absolute atomic E-state index is 13.2. The summed E-state index contributed by atoms with van der Waals surface area (Å²) in [5.41, 5.74) is 0.455. The first kappa shape index (κ1) is 16.7. The lowest BCUT2D eigenvalue weighted by molar-refractivity contribution is -0.730. The van der Waals surface area contributed by atoms with Crippen LogP contribution >= 0.6 is 15.9 Å². The monoisotopic (exact) mass is 406 g/mol. The maximum Gasteiger partial charge on any atom is 0.291 e. The largest absolute Gasteiger partial charge is 0.326 e. The summed E-state index contributed by atoms with van der Waals surface area (Å²) in [6, 6.07) is 5.31. The van der Waals surface area contributed by atoms with Crippen LogP contribution in [-0.4, -0.2) is 34.7 Å². The van der Waals surface area contributed by atoms with Gasteiger partial charge >= 0.3 is 0 Å². The van der Waals surface area contributed by atoms with Gasteiger partial charge < -0.3 is 10.6 Å². The van der Waals surface area contributed by atoms with Crippen molar-refractivity contribution in [1.29, 1.82) is 0 Å². The number of carbonyl (C=O) groups is 3. The van der Waals surface area contributed by atoms with Crippen LogP contribution < -0.4 is 10.6 Å². The van der Waals surface area contributed by atoms with Gasteiger partial charge in [0.25, 0.3) is 5.91 Å². The number of fused-ring (bicyclic) bond motifs is 4. The summed E-state index contributed by atoms with van der Waals surface area (Å²) < 4.78 is 0.849. The minimum Gasteiger partial charge on any atom is -0.326 e. The second-order valence-electron chi connectivity index (χ2n) is 7.35. The van der Waals surface area contributed by atoms with Crippen molar-refractivity contribution in [2.24, 2.45) is 11.8 Å². The number of imide groups is 1. The molecule has 25 heavy (non-hydrogen) atoms. The van der Waals surface area contributed by atoms with E-state index in [1.54, 1.807) is 0 Å². The number of amides is 3. The quantitative estimate of drug-likeness (QED) is 0.717. The number of quaternary nitrogens is 1. The van der Waals surface area contributed by atoms with Crippen LogP contribution in [0.3, 0.4) is 0 Å².